The molecule has 0 atom stereocenters. The van der Waals surface area contributed by atoms with E-state index in [9.17, 15) is 14.8 Å². The number of rotatable bonds is 7. The molecule has 0 radical (unpaired) electrons. The Balaban J connectivity index is 1.75. The molecule has 0 aliphatic heterocycles. The van der Waals surface area contributed by atoms with Crippen molar-refractivity contribution in [2.75, 3.05) is 14.2 Å². The molecule has 0 fully saturated rings. The highest BCUT2D eigenvalue weighted by Crippen LogP contribution is 2.21. The Morgan fingerprint density at radius 2 is 1.58 bits per heavy atom. The molecule has 1 heterocycles. The molecule has 0 saturated heterocycles. The van der Waals surface area contributed by atoms with E-state index in [1.807, 2.05) is 0 Å². The number of hydrogen-bond donors (Lipinski definition) is 0. The van der Waals surface area contributed by atoms with Crippen molar-refractivity contribution in [2.45, 2.75) is 6.61 Å². The van der Waals surface area contributed by atoms with Crippen molar-refractivity contribution < 1.29 is 28.5 Å². The third-order valence-corrected chi connectivity index (χ3v) is 5.03. The number of hydrogen-bond acceptors (Lipinski definition) is 7. The molecule has 0 saturated carbocycles. The van der Waals surface area contributed by atoms with E-state index >= 15 is 0 Å². The Hall–Kier alpha value is -4.46. The molecule has 4 aromatic rings. The zero-order valence-electron chi connectivity index (χ0n) is 18.0. The summed E-state index contributed by atoms with van der Waals surface area (Å²) in [6.07, 6.45) is 0. The van der Waals surface area contributed by atoms with Gasteiger partial charge in [-0.15, -0.1) is 0 Å². The number of carbonyl (C=O) groups excluding carboxylic acids is 2. The van der Waals surface area contributed by atoms with Crippen LogP contribution in [0.5, 0.6) is 11.5 Å². The van der Waals surface area contributed by atoms with Gasteiger partial charge in [0.1, 0.15) is 23.6 Å². The molecule has 0 spiro atoms. The van der Waals surface area contributed by atoms with Gasteiger partial charge in [0.2, 0.25) is 5.52 Å². The molecule has 4 rings (SSSR count). The van der Waals surface area contributed by atoms with Crippen LogP contribution in [0.15, 0.2) is 72.8 Å². The summed E-state index contributed by atoms with van der Waals surface area (Å²) in [7, 11) is 2.97. The summed E-state index contributed by atoms with van der Waals surface area (Å²) in [5.74, 6) is -0.222. The average Bonchev–Trinajstić information content (AvgIpc) is 2.87. The number of methoxy groups -OCH3 is 2. The predicted molar refractivity (Wildman–Crippen MR) is 119 cm³/mol. The van der Waals surface area contributed by atoms with Gasteiger partial charge in [-0.2, -0.15) is 4.73 Å². The fourth-order valence-electron chi connectivity index (χ4n) is 3.34. The summed E-state index contributed by atoms with van der Waals surface area (Å²) >= 11 is 0. The number of esters is 1. The lowest BCUT2D eigenvalue weighted by molar-refractivity contribution is -0.580. The molecule has 1 aromatic heterocycles. The smallest absolute Gasteiger partial charge is 0.338 e. The summed E-state index contributed by atoms with van der Waals surface area (Å²) in [6.45, 7) is -0.367. The number of benzene rings is 3. The van der Waals surface area contributed by atoms with Gasteiger partial charge in [-0.25, -0.2) is 9.78 Å². The lowest BCUT2D eigenvalue weighted by atomic mass is 10.1. The van der Waals surface area contributed by atoms with Gasteiger partial charge in [-0.1, -0.05) is 36.4 Å². The second kappa shape index (κ2) is 9.35. The molecule has 3 aromatic carbocycles. The molecule has 8 heteroatoms. The number of nitrogens with zero attached hydrogens (tertiary/aromatic N) is 2. The van der Waals surface area contributed by atoms with Crippen molar-refractivity contribution in [3.8, 4) is 11.5 Å². The summed E-state index contributed by atoms with van der Waals surface area (Å²) in [5.41, 5.74) is 0.907. The van der Waals surface area contributed by atoms with Gasteiger partial charge < -0.3 is 19.4 Å². The van der Waals surface area contributed by atoms with Gasteiger partial charge in [-0.3, -0.25) is 4.79 Å². The number of aromatic nitrogens is 2. The van der Waals surface area contributed by atoms with Crippen LogP contribution in [0.2, 0.25) is 0 Å². The SMILES string of the molecule is COc1cccc(C(=O)OCc2nc3ccc(OC)cc3[n+]([O-])c2C(=O)c2ccccc2)c1. The molecule has 0 aliphatic rings. The molecular formula is C25H20N2O6. The Morgan fingerprint density at radius 3 is 2.30 bits per heavy atom. The average molecular weight is 444 g/mol. The van der Waals surface area contributed by atoms with Gasteiger partial charge >= 0.3 is 5.97 Å². The van der Waals surface area contributed by atoms with Crippen LogP contribution < -0.4 is 14.2 Å². The molecule has 0 amide bonds. The van der Waals surface area contributed by atoms with Crippen LogP contribution in [0.1, 0.15) is 32.1 Å². The Labute approximate surface area is 189 Å². The van der Waals surface area contributed by atoms with Crippen LogP contribution in [0, 0.1) is 5.21 Å². The zero-order chi connectivity index (χ0) is 23.4. The Bertz CT molecular complexity index is 1340. The van der Waals surface area contributed by atoms with Gasteiger partial charge in [0.25, 0.3) is 11.5 Å². The quantitative estimate of drug-likeness (QED) is 0.186. The lowest BCUT2D eigenvalue weighted by Crippen LogP contribution is -2.38. The fraction of sp³-hybridized carbons (Fsp3) is 0.120. The maximum absolute atomic E-state index is 13.3. The molecule has 0 unspecified atom stereocenters. The van der Waals surface area contributed by atoms with Crippen LogP contribution in [0.3, 0.4) is 0 Å². The van der Waals surface area contributed by atoms with E-state index in [2.05, 4.69) is 4.98 Å². The van der Waals surface area contributed by atoms with Crippen LogP contribution in [0.4, 0.5) is 0 Å². The number of fused-ring (bicyclic) bond motifs is 1. The van der Waals surface area contributed by atoms with E-state index in [1.54, 1.807) is 60.7 Å². The van der Waals surface area contributed by atoms with Gasteiger partial charge in [0.15, 0.2) is 5.69 Å². The third kappa shape index (κ3) is 4.45. The molecule has 33 heavy (non-hydrogen) atoms. The first-order valence-electron chi connectivity index (χ1n) is 10.0. The molecular weight excluding hydrogens is 424 g/mol. The standard InChI is InChI=1S/C25H20N2O6/c1-31-18-10-6-9-17(13-18)25(29)33-15-21-23(24(28)16-7-4-3-5-8-16)27(30)22-14-19(32-2)11-12-20(22)26-21/h3-14H,15H2,1-2H3. The summed E-state index contributed by atoms with van der Waals surface area (Å²) in [6, 6.07) is 19.6. The summed E-state index contributed by atoms with van der Waals surface area (Å²) in [5, 5.41) is 13.3. The Morgan fingerprint density at radius 1 is 0.879 bits per heavy atom. The number of ketones is 1. The van der Waals surface area contributed by atoms with Crippen molar-refractivity contribution in [2.24, 2.45) is 0 Å². The second-order valence-corrected chi connectivity index (χ2v) is 7.06. The first kappa shape index (κ1) is 21.8. The first-order valence-corrected chi connectivity index (χ1v) is 10.0. The minimum atomic E-state index is -0.638. The van der Waals surface area contributed by atoms with Crippen molar-refractivity contribution in [3.05, 3.63) is 101 Å². The molecule has 8 nitrogen and oxygen atoms in total. The predicted octanol–water partition coefficient (Wildman–Crippen LogP) is 3.47. The fourth-order valence-corrected chi connectivity index (χ4v) is 3.34. The van der Waals surface area contributed by atoms with Gasteiger partial charge in [0.05, 0.1) is 25.8 Å². The van der Waals surface area contributed by atoms with Crippen molar-refractivity contribution in [1.82, 2.24) is 4.98 Å². The van der Waals surface area contributed by atoms with Gasteiger partial charge in [0, 0.05) is 5.56 Å². The molecule has 0 aliphatic carbocycles. The van der Waals surface area contributed by atoms with E-state index < -0.39 is 11.8 Å². The highest BCUT2D eigenvalue weighted by atomic mass is 16.5. The highest BCUT2D eigenvalue weighted by molar-refractivity contribution is 6.07. The van der Waals surface area contributed by atoms with E-state index in [4.69, 9.17) is 14.2 Å². The first-order chi connectivity index (χ1) is 16.0. The number of ether oxygens (including phenoxy) is 3. The van der Waals surface area contributed by atoms with E-state index in [0.717, 1.165) is 0 Å². The van der Waals surface area contributed by atoms with Crippen LogP contribution >= 0.6 is 0 Å². The summed E-state index contributed by atoms with van der Waals surface area (Å²) in [4.78, 5) is 30.3. The van der Waals surface area contributed by atoms with E-state index in [-0.39, 0.29) is 29.1 Å². The number of carbonyl (C=O) groups is 2. The van der Waals surface area contributed by atoms with Crippen LogP contribution in [-0.2, 0) is 11.3 Å². The Kier molecular flexibility index (Phi) is 6.17. The normalized spacial score (nSPS) is 10.6. The third-order valence-electron chi connectivity index (χ3n) is 5.03. The topological polar surface area (TPSA) is 102 Å². The highest BCUT2D eigenvalue weighted by Gasteiger charge is 2.28. The monoisotopic (exact) mass is 444 g/mol. The second-order valence-electron chi connectivity index (χ2n) is 7.06. The van der Waals surface area contributed by atoms with Gasteiger partial charge in [-0.05, 0) is 30.3 Å². The maximum Gasteiger partial charge on any atom is 0.338 e. The van der Waals surface area contributed by atoms with Crippen LogP contribution in [-0.4, -0.2) is 31.0 Å². The minimum absolute atomic E-state index is 0.0489. The van der Waals surface area contributed by atoms with E-state index in [1.165, 1.54) is 26.4 Å². The largest absolute Gasteiger partial charge is 0.618 e. The van der Waals surface area contributed by atoms with E-state index in [0.29, 0.717) is 27.3 Å². The minimum Gasteiger partial charge on any atom is -0.618 e. The molecule has 166 valence electrons. The summed E-state index contributed by atoms with van der Waals surface area (Å²) < 4.78 is 16.2. The van der Waals surface area contributed by atoms with Crippen LogP contribution in [0.25, 0.3) is 11.0 Å². The molecule has 0 bridgehead atoms. The van der Waals surface area contributed by atoms with Crippen molar-refractivity contribution in [1.29, 1.82) is 0 Å². The van der Waals surface area contributed by atoms with Crippen molar-refractivity contribution >= 4 is 22.8 Å². The van der Waals surface area contributed by atoms with Crippen molar-refractivity contribution in [3.63, 3.8) is 0 Å². The maximum atomic E-state index is 13.3. The zero-order valence-corrected chi connectivity index (χ0v) is 18.0. The lowest BCUT2D eigenvalue weighted by Gasteiger charge is -2.12. The molecule has 0 N–H and O–H groups in total.